The molecule has 0 aliphatic rings. The van der Waals surface area contributed by atoms with E-state index in [0.717, 1.165) is 5.56 Å². The summed E-state index contributed by atoms with van der Waals surface area (Å²) in [4.78, 5) is 22.5. The van der Waals surface area contributed by atoms with Crippen LogP contribution < -0.4 is 10.6 Å². The minimum Gasteiger partial charge on any atom is -0.453 e. The average Bonchev–Trinajstić information content (AvgIpc) is 2.39. The van der Waals surface area contributed by atoms with E-state index in [1.54, 1.807) is 6.92 Å². The molecule has 2 amide bonds. The lowest BCUT2D eigenvalue weighted by atomic mass is 10.1. The van der Waals surface area contributed by atoms with Crippen molar-refractivity contribution in [1.82, 2.24) is 10.6 Å². The van der Waals surface area contributed by atoms with E-state index >= 15 is 0 Å². The van der Waals surface area contributed by atoms with E-state index in [1.807, 2.05) is 37.3 Å². The first kappa shape index (κ1) is 14.2. The highest BCUT2D eigenvalue weighted by Crippen LogP contribution is 2.11. The second-order valence-corrected chi connectivity index (χ2v) is 4.00. The Morgan fingerprint density at radius 3 is 2.33 bits per heavy atom. The minimum absolute atomic E-state index is 0.0181. The van der Waals surface area contributed by atoms with Crippen molar-refractivity contribution in [3.63, 3.8) is 0 Å². The molecular weight excluding hydrogens is 232 g/mol. The maximum absolute atomic E-state index is 11.6. The molecule has 0 spiro atoms. The SMILES string of the molecule is COC(=O)NC(=O)[C@H](C)N[C@H](C)c1ccccc1. The van der Waals surface area contributed by atoms with Crippen molar-refractivity contribution in [1.29, 1.82) is 0 Å². The Hall–Kier alpha value is -1.88. The standard InChI is InChI=1S/C13H18N2O3/c1-9(11-7-5-4-6-8-11)14-10(2)12(16)15-13(17)18-3/h4-10,14H,1-3H3,(H,15,16,17)/t9-,10+/m1/s1. The van der Waals surface area contributed by atoms with Crippen LogP contribution >= 0.6 is 0 Å². The number of ether oxygens (including phenoxy) is 1. The number of carbonyl (C=O) groups is 2. The fourth-order valence-electron chi connectivity index (χ4n) is 1.55. The lowest BCUT2D eigenvalue weighted by molar-refractivity contribution is -0.122. The molecule has 1 aromatic rings. The van der Waals surface area contributed by atoms with Gasteiger partial charge in [0.1, 0.15) is 0 Å². The predicted octanol–water partition coefficient (Wildman–Crippen LogP) is 1.61. The number of methoxy groups -OCH3 is 1. The molecule has 0 saturated heterocycles. The van der Waals surface area contributed by atoms with Crippen LogP contribution in [-0.2, 0) is 9.53 Å². The zero-order valence-electron chi connectivity index (χ0n) is 10.8. The number of rotatable bonds is 4. The van der Waals surface area contributed by atoms with Crippen LogP contribution in [0.4, 0.5) is 4.79 Å². The van der Waals surface area contributed by atoms with Gasteiger partial charge in [-0.05, 0) is 19.4 Å². The molecule has 5 nitrogen and oxygen atoms in total. The summed E-state index contributed by atoms with van der Waals surface area (Å²) >= 11 is 0. The number of hydrogen-bond acceptors (Lipinski definition) is 4. The Morgan fingerprint density at radius 2 is 1.78 bits per heavy atom. The van der Waals surface area contributed by atoms with Gasteiger partial charge in [-0.25, -0.2) is 4.79 Å². The maximum Gasteiger partial charge on any atom is 0.413 e. The van der Waals surface area contributed by atoms with Gasteiger partial charge in [0.05, 0.1) is 13.2 Å². The fourth-order valence-corrected chi connectivity index (χ4v) is 1.55. The molecule has 0 aliphatic carbocycles. The van der Waals surface area contributed by atoms with E-state index in [1.165, 1.54) is 7.11 Å². The molecule has 0 heterocycles. The number of nitrogens with one attached hydrogen (secondary N) is 2. The summed E-state index contributed by atoms with van der Waals surface area (Å²) in [7, 11) is 1.22. The molecule has 2 N–H and O–H groups in total. The van der Waals surface area contributed by atoms with Gasteiger partial charge in [0.2, 0.25) is 5.91 Å². The van der Waals surface area contributed by atoms with E-state index in [-0.39, 0.29) is 6.04 Å². The molecule has 0 saturated carbocycles. The van der Waals surface area contributed by atoms with Crippen molar-refractivity contribution < 1.29 is 14.3 Å². The van der Waals surface area contributed by atoms with E-state index in [4.69, 9.17) is 0 Å². The molecule has 1 aromatic carbocycles. The first-order valence-electron chi connectivity index (χ1n) is 5.74. The lowest BCUT2D eigenvalue weighted by Gasteiger charge is -2.19. The zero-order chi connectivity index (χ0) is 13.5. The lowest BCUT2D eigenvalue weighted by Crippen LogP contribution is -2.45. The van der Waals surface area contributed by atoms with Crippen molar-refractivity contribution in [3.8, 4) is 0 Å². The van der Waals surface area contributed by atoms with E-state index in [0.29, 0.717) is 0 Å². The van der Waals surface area contributed by atoms with Crippen molar-refractivity contribution in [2.75, 3.05) is 7.11 Å². The number of alkyl carbamates (subject to hydrolysis) is 1. The molecule has 0 aromatic heterocycles. The summed E-state index contributed by atoms with van der Waals surface area (Å²) in [6.45, 7) is 3.65. The van der Waals surface area contributed by atoms with Gasteiger partial charge in [-0.2, -0.15) is 0 Å². The molecule has 5 heteroatoms. The highest BCUT2D eigenvalue weighted by Gasteiger charge is 2.18. The first-order chi connectivity index (χ1) is 8.54. The molecule has 0 radical (unpaired) electrons. The molecule has 18 heavy (non-hydrogen) atoms. The quantitative estimate of drug-likeness (QED) is 0.852. The number of benzene rings is 1. The highest BCUT2D eigenvalue weighted by atomic mass is 16.5. The zero-order valence-corrected chi connectivity index (χ0v) is 10.8. The van der Waals surface area contributed by atoms with Crippen LogP contribution in [0.15, 0.2) is 30.3 Å². The van der Waals surface area contributed by atoms with Gasteiger partial charge < -0.3 is 4.74 Å². The van der Waals surface area contributed by atoms with E-state index < -0.39 is 18.0 Å². The summed E-state index contributed by atoms with van der Waals surface area (Å²) in [6.07, 6.45) is -0.749. The summed E-state index contributed by atoms with van der Waals surface area (Å²) in [5, 5.41) is 5.23. The van der Waals surface area contributed by atoms with E-state index in [2.05, 4.69) is 15.4 Å². The van der Waals surface area contributed by atoms with Crippen LogP contribution in [0.3, 0.4) is 0 Å². The van der Waals surface area contributed by atoms with Gasteiger partial charge in [0.15, 0.2) is 0 Å². The second kappa shape index (κ2) is 6.76. The topological polar surface area (TPSA) is 67.4 Å². The summed E-state index contributed by atoms with van der Waals surface area (Å²) in [5.41, 5.74) is 1.08. The maximum atomic E-state index is 11.6. The Morgan fingerprint density at radius 1 is 1.17 bits per heavy atom. The number of hydrogen-bond donors (Lipinski definition) is 2. The Kier molecular flexibility index (Phi) is 5.32. The largest absolute Gasteiger partial charge is 0.453 e. The molecule has 0 unspecified atom stereocenters. The molecule has 0 aliphatic heterocycles. The minimum atomic E-state index is -0.749. The van der Waals surface area contributed by atoms with Gasteiger partial charge >= 0.3 is 6.09 Å². The second-order valence-electron chi connectivity index (χ2n) is 4.00. The third-order valence-corrected chi connectivity index (χ3v) is 2.60. The molecule has 0 fully saturated rings. The first-order valence-corrected chi connectivity index (χ1v) is 5.74. The van der Waals surface area contributed by atoms with Crippen LogP contribution in [0.25, 0.3) is 0 Å². The van der Waals surface area contributed by atoms with Gasteiger partial charge in [0, 0.05) is 6.04 Å². The average molecular weight is 250 g/mol. The number of imide groups is 1. The van der Waals surface area contributed by atoms with Crippen molar-refractivity contribution in [2.45, 2.75) is 25.9 Å². The third-order valence-electron chi connectivity index (χ3n) is 2.60. The fraction of sp³-hybridized carbons (Fsp3) is 0.385. The molecule has 98 valence electrons. The molecular formula is C13H18N2O3. The summed E-state index contributed by atoms with van der Waals surface area (Å²) in [5.74, 6) is -0.412. The van der Waals surface area contributed by atoms with Crippen LogP contribution in [0.2, 0.25) is 0 Å². The summed E-state index contributed by atoms with van der Waals surface area (Å²) in [6, 6.07) is 9.29. The number of amides is 2. The van der Waals surface area contributed by atoms with Crippen LogP contribution in [-0.4, -0.2) is 25.2 Å². The monoisotopic (exact) mass is 250 g/mol. The van der Waals surface area contributed by atoms with E-state index in [9.17, 15) is 9.59 Å². The van der Waals surface area contributed by atoms with Crippen molar-refractivity contribution >= 4 is 12.0 Å². The Labute approximate surface area is 107 Å². The third kappa shape index (κ3) is 4.18. The van der Waals surface area contributed by atoms with Gasteiger partial charge in [0.25, 0.3) is 0 Å². The number of carbonyl (C=O) groups excluding carboxylic acids is 2. The van der Waals surface area contributed by atoms with Crippen molar-refractivity contribution in [2.24, 2.45) is 0 Å². The Bertz CT molecular complexity index is 406. The molecule has 2 atom stereocenters. The van der Waals surface area contributed by atoms with Crippen LogP contribution in [0.1, 0.15) is 25.5 Å². The van der Waals surface area contributed by atoms with Crippen LogP contribution in [0, 0.1) is 0 Å². The highest BCUT2D eigenvalue weighted by molar-refractivity contribution is 5.94. The normalized spacial score (nSPS) is 13.5. The van der Waals surface area contributed by atoms with Gasteiger partial charge in [-0.15, -0.1) is 0 Å². The smallest absolute Gasteiger partial charge is 0.413 e. The molecule has 1 rings (SSSR count). The molecule has 0 bridgehead atoms. The van der Waals surface area contributed by atoms with Gasteiger partial charge in [-0.1, -0.05) is 30.3 Å². The van der Waals surface area contributed by atoms with Crippen LogP contribution in [0.5, 0.6) is 0 Å². The Balaban J connectivity index is 2.52. The summed E-state index contributed by atoms with van der Waals surface area (Å²) < 4.78 is 4.36. The van der Waals surface area contributed by atoms with Crippen molar-refractivity contribution in [3.05, 3.63) is 35.9 Å². The predicted molar refractivity (Wildman–Crippen MR) is 68.0 cm³/mol. The van der Waals surface area contributed by atoms with Gasteiger partial charge in [-0.3, -0.25) is 15.4 Å².